The second kappa shape index (κ2) is 5.47. The van der Waals surface area contributed by atoms with Crippen molar-refractivity contribution in [2.75, 3.05) is 0 Å². The smallest absolute Gasteiger partial charge is 0.200 e. The SMILES string of the molecule is Cc1ccc(C(NN)c2c(F)c(F)c(F)c(F)c2F)s1. The van der Waals surface area contributed by atoms with Crippen molar-refractivity contribution >= 4 is 11.3 Å². The lowest BCUT2D eigenvalue weighted by molar-refractivity contribution is 0.363. The first-order valence-electron chi connectivity index (χ1n) is 5.42. The molecule has 0 aliphatic heterocycles. The van der Waals surface area contributed by atoms with Crippen LogP contribution in [0.4, 0.5) is 22.0 Å². The van der Waals surface area contributed by atoms with Crippen LogP contribution in [0.3, 0.4) is 0 Å². The zero-order valence-electron chi connectivity index (χ0n) is 10.1. The molecule has 8 heteroatoms. The highest BCUT2D eigenvalue weighted by Crippen LogP contribution is 2.33. The van der Waals surface area contributed by atoms with Crippen LogP contribution in [-0.2, 0) is 0 Å². The van der Waals surface area contributed by atoms with Gasteiger partial charge in [-0.3, -0.25) is 5.84 Å². The number of aryl methyl sites for hydroxylation is 1. The second-order valence-electron chi connectivity index (χ2n) is 4.03. The Morgan fingerprint density at radius 3 is 1.85 bits per heavy atom. The average molecular weight is 308 g/mol. The molecule has 0 amide bonds. The van der Waals surface area contributed by atoms with Crippen LogP contribution in [0.2, 0.25) is 0 Å². The molecular weight excluding hydrogens is 299 g/mol. The number of halogens is 5. The summed E-state index contributed by atoms with van der Waals surface area (Å²) in [6.45, 7) is 1.74. The van der Waals surface area contributed by atoms with E-state index in [0.717, 1.165) is 16.2 Å². The molecule has 0 aliphatic carbocycles. The molecule has 0 bridgehead atoms. The molecule has 20 heavy (non-hydrogen) atoms. The summed E-state index contributed by atoms with van der Waals surface area (Å²) in [6, 6.07) is 1.83. The standard InChI is InChI=1S/C12H9F5N2S/c1-4-2-3-5(20-4)12(19-18)6-7(13)9(15)11(17)10(16)8(6)14/h2-3,12,19H,18H2,1H3. The maximum atomic E-state index is 13.7. The molecule has 1 heterocycles. The molecular formula is C12H9F5N2S. The van der Waals surface area contributed by atoms with Crippen LogP contribution in [0, 0.1) is 36.0 Å². The van der Waals surface area contributed by atoms with Crippen molar-refractivity contribution in [3.05, 3.63) is 56.5 Å². The van der Waals surface area contributed by atoms with Gasteiger partial charge in [0.25, 0.3) is 0 Å². The first-order chi connectivity index (χ1) is 9.38. The summed E-state index contributed by atoms with van der Waals surface area (Å²) in [7, 11) is 0. The predicted molar refractivity (Wildman–Crippen MR) is 64.5 cm³/mol. The normalized spacial score (nSPS) is 12.8. The summed E-state index contributed by atoms with van der Waals surface area (Å²) in [5, 5.41) is 0. The Morgan fingerprint density at radius 2 is 1.45 bits per heavy atom. The van der Waals surface area contributed by atoms with E-state index in [-0.39, 0.29) is 0 Å². The monoisotopic (exact) mass is 308 g/mol. The van der Waals surface area contributed by atoms with E-state index in [1.807, 2.05) is 0 Å². The molecule has 108 valence electrons. The highest BCUT2D eigenvalue weighted by atomic mass is 32.1. The van der Waals surface area contributed by atoms with Crippen LogP contribution in [0.15, 0.2) is 12.1 Å². The Balaban J connectivity index is 2.67. The van der Waals surface area contributed by atoms with Crippen LogP contribution in [0.1, 0.15) is 21.4 Å². The first-order valence-corrected chi connectivity index (χ1v) is 6.24. The third-order valence-electron chi connectivity index (χ3n) is 2.74. The minimum atomic E-state index is -2.19. The fourth-order valence-electron chi connectivity index (χ4n) is 1.79. The van der Waals surface area contributed by atoms with Crippen molar-refractivity contribution < 1.29 is 22.0 Å². The zero-order valence-corrected chi connectivity index (χ0v) is 10.9. The number of hydrogen-bond acceptors (Lipinski definition) is 3. The fourth-order valence-corrected chi connectivity index (χ4v) is 2.74. The highest BCUT2D eigenvalue weighted by Gasteiger charge is 2.31. The average Bonchev–Trinajstić information content (AvgIpc) is 2.85. The number of nitrogens with one attached hydrogen (secondary N) is 1. The molecule has 0 saturated heterocycles. The number of benzene rings is 1. The zero-order chi connectivity index (χ0) is 15.0. The summed E-state index contributed by atoms with van der Waals surface area (Å²) in [6.07, 6.45) is 0. The molecule has 0 fully saturated rings. The van der Waals surface area contributed by atoms with E-state index in [1.165, 1.54) is 6.07 Å². The number of thiophene rings is 1. The fraction of sp³-hybridized carbons (Fsp3) is 0.167. The largest absolute Gasteiger partial charge is 0.271 e. The van der Waals surface area contributed by atoms with E-state index >= 15 is 0 Å². The minimum Gasteiger partial charge on any atom is -0.271 e. The lowest BCUT2D eigenvalue weighted by atomic mass is 10.0. The Hall–Kier alpha value is -1.51. The third-order valence-corrected chi connectivity index (χ3v) is 3.81. The van der Waals surface area contributed by atoms with Gasteiger partial charge in [-0.2, -0.15) is 0 Å². The summed E-state index contributed by atoms with van der Waals surface area (Å²) >= 11 is 1.13. The molecule has 1 aromatic heterocycles. The van der Waals surface area contributed by atoms with Gasteiger partial charge in [0.05, 0.1) is 11.6 Å². The van der Waals surface area contributed by atoms with Gasteiger partial charge in [0, 0.05) is 9.75 Å². The molecule has 0 spiro atoms. The minimum absolute atomic E-state index is 0.341. The van der Waals surface area contributed by atoms with Crippen LogP contribution in [0.25, 0.3) is 0 Å². The molecule has 2 rings (SSSR count). The maximum absolute atomic E-state index is 13.7. The summed E-state index contributed by atoms with van der Waals surface area (Å²) in [5.74, 6) is -4.76. The van der Waals surface area contributed by atoms with E-state index in [0.29, 0.717) is 4.88 Å². The highest BCUT2D eigenvalue weighted by molar-refractivity contribution is 7.12. The maximum Gasteiger partial charge on any atom is 0.200 e. The van der Waals surface area contributed by atoms with Crippen LogP contribution >= 0.6 is 11.3 Å². The first kappa shape index (κ1) is 14.9. The topological polar surface area (TPSA) is 38.0 Å². The molecule has 2 aromatic rings. The van der Waals surface area contributed by atoms with Crippen LogP contribution in [0.5, 0.6) is 0 Å². The molecule has 0 aliphatic rings. The summed E-state index contributed by atoms with van der Waals surface area (Å²) < 4.78 is 66.8. The van der Waals surface area contributed by atoms with Crippen molar-refractivity contribution in [3.63, 3.8) is 0 Å². The van der Waals surface area contributed by atoms with E-state index in [1.54, 1.807) is 13.0 Å². The number of nitrogens with two attached hydrogens (primary N) is 1. The molecule has 2 nitrogen and oxygen atoms in total. The lowest BCUT2D eigenvalue weighted by Crippen LogP contribution is -2.30. The lowest BCUT2D eigenvalue weighted by Gasteiger charge is -2.17. The van der Waals surface area contributed by atoms with Crippen LogP contribution < -0.4 is 11.3 Å². The molecule has 1 atom stereocenters. The van der Waals surface area contributed by atoms with Crippen molar-refractivity contribution in [3.8, 4) is 0 Å². The van der Waals surface area contributed by atoms with Gasteiger partial charge in [0.2, 0.25) is 5.82 Å². The number of hydrazine groups is 1. The Kier molecular flexibility index (Phi) is 4.07. The number of rotatable bonds is 3. The quantitative estimate of drug-likeness (QED) is 0.300. The molecule has 1 aromatic carbocycles. The van der Waals surface area contributed by atoms with Gasteiger partial charge in [-0.05, 0) is 19.1 Å². The number of hydrogen-bond donors (Lipinski definition) is 2. The molecule has 0 radical (unpaired) electrons. The van der Waals surface area contributed by atoms with Crippen molar-refractivity contribution in [1.82, 2.24) is 5.43 Å². The molecule has 1 unspecified atom stereocenters. The van der Waals surface area contributed by atoms with Gasteiger partial charge in [-0.15, -0.1) is 11.3 Å². The van der Waals surface area contributed by atoms with Gasteiger partial charge in [0.15, 0.2) is 23.3 Å². The van der Waals surface area contributed by atoms with Crippen molar-refractivity contribution in [2.45, 2.75) is 13.0 Å². The van der Waals surface area contributed by atoms with E-state index in [2.05, 4.69) is 5.43 Å². The van der Waals surface area contributed by atoms with E-state index < -0.39 is 40.7 Å². The Bertz CT molecular complexity index is 627. The Morgan fingerprint density at radius 1 is 0.950 bits per heavy atom. The van der Waals surface area contributed by atoms with E-state index in [9.17, 15) is 22.0 Å². The summed E-state index contributed by atoms with van der Waals surface area (Å²) in [5.41, 5.74) is 1.08. The third kappa shape index (κ3) is 2.30. The molecule has 0 saturated carbocycles. The summed E-state index contributed by atoms with van der Waals surface area (Å²) in [4.78, 5) is 1.15. The van der Waals surface area contributed by atoms with Crippen molar-refractivity contribution in [2.24, 2.45) is 5.84 Å². The van der Waals surface area contributed by atoms with E-state index in [4.69, 9.17) is 5.84 Å². The Labute approximate surface area is 115 Å². The van der Waals surface area contributed by atoms with Gasteiger partial charge in [-0.1, -0.05) is 0 Å². The van der Waals surface area contributed by atoms with Gasteiger partial charge >= 0.3 is 0 Å². The second-order valence-corrected chi connectivity index (χ2v) is 5.35. The predicted octanol–water partition coefficient (Wildman–Crippen LogP) is 3.30. The molecule has 3 N–H and O–H groups in total. The van der Waals surface area contributed by atoms with Gasteiger partial charge < -0.3 is 0 Å². The van der Waals surface area contributed by atoms with Crippen LogP contribution in [-0.4, -0.2) is 0 Å². The van der Waals surface area contributed by atoms with Crippen molar-refractivity contribution in [1.29, 1.82) is 0 Å². The van der Waals surface area contributed by atoms with Gasteiger partial charge in [0.1, 0.15) is 0 Å². The van der Waals surface area contributed by atoms with Gasteiger partial charge in [-0.25, -0.2) is 27.4 Å².